The summed E-state index contributed by atoms with van der Waals surface area (Å²) in [4.78, 5) is 28.8. The van der Waals surface area contributed by atoms with Crippen LogP contribution in [0, 0.1) is 0 Å². The quantitative estimate of drug-likeness (QED) is 0.333. The third-order valence-electron chi connectivity index (χ3n) is 7.19. The molecule has 2 N–H and O–H groups in total. The molecule has 2 aromatic heterocycles. The molecule has 1 fully saturated rings. The topological polar surface area (TPSA) is 95.6 Å². The summed E-state index contributed by atoms with van der Waals surface area (Å²) < 4.78 is 11.9. The number of hydrogen-bond donors (Lipinski definition) is 2. The average molecular weight is 525 g/mol. The highest BCUT2D eigenvalue weighted by molar-refractivity contribution is 5.74. The summed E-state index contributed by atoms with van der Waals surface area (Å²) in [5.74, 6) is 2.42. The number of benzene rings is 2. The van der Waals surface area contributed by atoms with Gasteiger partial charge in [-0.3, -0.25) is 9.78 Å². The first-order valence-corrected chi connectivity index (χ1v) is 13.2. The molecule has 0 spiro atoms. The summed E-state index contributed by atoms with van der Waals surface area (Å²) in [6.07, 6.45) is 4.32. The zero-order valence-electron chi connectivity index (χ0n) is 22.4. The van der Waals surface area contributed by atoms with Gasteiger partial charge in [-0.1, -0.05) is 12.1 Å². The summed E-state index contributed by atoms with van der Waals surface area (Å²) in [5.41, 5.74) is 6.43. The van der Waals surface area contributed by atoms with Gasteiger partial charge in [0.15, 0.2) is 0 Å². The first kappa shape index (κ1) is 24.9. The Morgan fingerprint density at radius 3 is 2.64 bits per heavy atom. The van der Waals surface area contributed by atoms with Gasteiger partial charge in [0, 0.05) is 62.2 Å². The van der Waals surface area contributed by atoms with Crippen LogP contribution in [0.25, 0.3) is 11.3 Å². The van der Waals surface area contributed by atoms with Crippen LogP contribution in [0.4, 0.5) is 17.2 Å². The molecule has 2 aromatic carbocycles. The van der Waals surface area contributed by atoms with Gasteiger partial charge in [0.2, 0.25) is 5.56 Å². The Balaban J connectivity index is 1.24. The highest BCUT2D eigenvalue weighted by Gasteiger charge is 2.23. The number of rotatable bonds is 6. The van der Waals surface area contributed by atoms with Gasteiger partial charge in [0.25, 0.3) is 0 Å². The van der Waals surface area contributed by atoms with E-state index in [4.69, 9.17) is 9.47 Å². The third kappa shape index (κ3) is 5.18. The van der Waals surface area contributed by atoms with E-state index >= 15 is 0 Å². The number of hydrogen-bond acceptors (Lipinski definition) is 8. The molecule has 0 amide bonds. The standard InChI is InChI=1S/C30H32N6O3/c1-19(26-17-32-28(18-31-26)35(2)3)33-22-7-8-27-21(14-22)13-20-5-4-6-24(30(20)39-27)25-15-23(16-29(37)34-25)36-9-11-38-12-10-36/h4-8,14-19,33H,9-13H2,1-3H3,(H,34,37). The molecule has 39 heavy (non-hydrogen) atoms. The first-order chi connectivity index (χ1) is 18.9. The van der Waals surface area contributed by atoms with Gasteiger partial charge in [-0.2, -0.15) is 0 Å². The van der Waals surface area contributed by atoms with Crippen LogP contribution in [0.2, 0.25) is 0 Å². The molecular formula is C30H32N6O3. The zero-order valence-corrected chi connectivity index (χ0v) is 22.4. The molecule has 4 aromatic rings. The van der Waals surface area contributed by atoms with Crippen LogP contribution in [-0.2, 0) is 11.2 Å². The normalized spacial score (nSPS) is 15.1. The van der Waals surface area contributed by atoms with Crippen LogP contribution in [0.3, 0.4) is 0 Å². The van der Waals surface area contributed by atoms with E-state index in [0.29, 0.717) is 13.2 Å². The van der Waals surface area contributed by atoms with Crippen LogP contribution in [0.5, 0.6) is 11.5 Å². The van der Waals surface area contributed by atoms with E-state index in [0.717, 1.165) is 76.3 Å². The molecule has 200 valence electrons. The van der Waals surface area contributed by atoms with Gasteiger partial charge in [0.1, 0.15) is 17.3 Å². The van der Waals surface area contributed by atoms with Gasteiger partial charge in [-0.05, 0) is 42.8 Å². The fourth-order valence-electron chi connectivity index (χ4n) is 5.07. The number of nitrogens with zero attached hydrogens (tertiary/aromatic N) is 4. The molecule has 0 radical (unpaired) electrons. The Kier molecular flexibility index (Phi) is 6.66. The molecule has 0 saturated carbocycles. The van der Waals surface area contributed by atoms with Crippen molar-refractivity contribution in [2.75, 3.05) is 55.5 Å². The average Bonchev–Trinajstić information content (AvgIpc) is 2.96. The van der Waals surface area contributed by atoms with E-state index in [2.05, 4.69) is 44.2 Å². The van der Waals surface area contributed by atoms with E-state index in [1.165, 1.54) is 0 Å². The molecule has 0 aliphatic carbocycles. The fourth-order valence-corrected chi connectivity index (χ4v) is 5.07. The Morgan fingerprint density at radius 2 is 1.87 bits per heavy atom. The maximum atomic E-state index is 12.6. The fraction of sp³-hybridized carbons (Fsp3) is 0.300. The molecule has 9 nitrogen and oxygen atoms in total. The number of aromatic amines is 1. The highest BCUT2D eigenvalue weighted by Crippen LogP contribution is 2.43. The molecule has 6 rings (SSSR count). The van der Waals surface area contributed by atoms with Crippen LogP contribution < -0.4 is 25.4 Å². The summed E-state index contributed by atoms with van der Waals surface area (Å²) in [6, 6.07) is 15.9. The predicted octanol–water partition coefficient (Wildman–Crippen LogP) is 4.60. The monoisotopic (exact) mass is 524 g/mol. The lowest BCUT2D eigenvalue weighted by Crippen LogP contribution is -2.36. The highest BCUT2D eigenvalue weighted by atomic mass is 16.5. The van der Waals surface area contributed by atoms with Crippen molar-refractivity contribution in [2.24, 2.45) is 0 Å². The minimum absolute atomic E-state index is 0.00859. The molecule has 4 heterocycles. The Morgan fingerprint density at radius 1 is 1.03 bits per heavy atom. The number of anilines is 3. The van der Waals surface area contributed by atoms with E-state index in [1.54, 1.807) is 12.3 Å². The summed E-state index contributed by atoms with van der Waals surface area (Å²) in [5, 5.41) is 3.54. The predicted molar refractivity (Wildman–Crippen MR) is 153 cm³/mol. The lowest BCUT2D eigenvalue weighted by molar-refractivity contribution is 0.122. The number of nitrogens with one attached hydrogen (secondary N) is 2. The molecule has 9 heteroatoms. The van der Waals surface area contributed by atoms with Gasteiger partial charge >= 0.3 is 0 Å². The number of H-pyrrole nitrogens is 1. The van der Waals surface area contributed by atoms with Crippen molar-refractivity contribution in [3.8, 4) is 22.8 Å². The SMILES string of the molecule is CC(Nc1ccc2c(c1)Cc1cccc(-c3cc(N4CCOCC4)cc(=O)[nH]3)c1O2)c1cnc(N(C)C)cn1. The molecule has 1 atom stereocenters. The van der Waals surface area contributed by atoms with Crippen LogP contribution in [0.15, 0.2) is 65.7 Å². The van der Waals surface area contributed by atoms with Crippen molar-refractivity contribution >= 4 is 17.2 Å². The van der Waals surface area contributed by atoms with E-state index < -0.39 is 0 Å². The number of pyridine rings is 1. The lowest BCUT2D eigenvalue weighted by Gasteiger charge is -2.29. The number of para-hydroxylation sites is 1. The van der Waals surface area contributed by atoms with E-state index in [9.17, 15) is 4.79 Å². The number of aromatic nitrogens is 3. The molecule has 0 bridgehead atoms. The van der Waals surface area contributed by atoms with Gasteiger partial charge in [-0.15, -0.1) is 0 Å². The molecule has 2 aliphatic heterocycles. The molecule has 2 aliphatic rings. The first-order valence-electron chi connectivity index (χ1n) is 13.2. The Labute approximate surface area is 227 Å². The third-order valence-corrected chi connectivity index (χ3v) is 7.19. The van der Waals surface area contributed by atoms with Gasteiger partial charge < -0.3 is 29.6 Å². The minimum Gasteiger partial charge on any atom is -0.456 e. The minimum atomic E-state index is -0.131. The molecule has 1 unspecified atom stereocenters. The van der Waals surface area contributed by atoms with Crippen LogP contribution in [-0.4, -0.2) is 55.4 Å². The number of morpholine rings is 1. The van der Waals surface area contributed by atoms with E-state index in [1.807, 2.05) is 55.5 Å². The second-order valence-corrected chi connectivity index (χ2v) is 10.2. The van der Waals surface area contributed by atoms with E-state index in [-0.39, 0.29) is 11.6 Å². The summed E-state index contributed by atoms with van der Waals surface area (Å²) >= 11 is 0. The number of ether oxygens (including phenoxy) is 2. The maximum Gasteiger partial charge on any atom is 0.250 e. The summed E-state index contributed by atoms with van der Waals surface area (Å²) in [7, 11) is 3.90. The van der Waals surface area contributed by atoms with Gasteiger partial charge in [-0.25, -0.2) is 4.98 Å². The summed E-state index contributed by atoms with van der Waals surface area (Å²) in [6.45, 7) is 4.93. The molecule has 1 saturated heterocycles. The van der Waals surface area contributed by atoms with Crippen molar-refractivity contribution in [1.29, 1.82) is 0 Å². The molecular weight excluding hydrogens is 492 g/mol. The smallest absolute Gasteiger partial charge is 0.250 e. The second-order valence-electron chi connectivity index (χ2n) is 10.2. The van der Waals surface area contributed by atoms with Crippen molar-refractivity contribution in [1.82, 2.24) is 15.0 Å². The Bertz CT molecular complexity index is 1540. The Hall–Kier alpha value is -4.37. The second kappa shape index (κ2) is 10.4. The van der Waals surface area contributed by atoms with Gasteiger partial charge in [0.05, 0.1) is 43.0 Å². The zero-order chi connectivity index (χ0) is 26.9. The van der Waals surface area contributed by atoms with Crippen molar-refractivity contribution in [2.45, 2.75) is 19.4 Å². The van der Waals surface area contributed by atoms with Crippen molar-refractivity contribution in [3.63, 3.8) is 0 Å². The maximum absolute atomic E-state index is 12.6. The van der Waals surface area contributed by atoms with Crippen LogP contribution in [0.1, 0.15) is 29.8 Å². The van der Waals surface area contributed by atoms with Crippen LogP contribution >= 0.6 is 0 Å². The lowest BCUT2D eigenvalue weighted by atomic mass is 9.96. The number of fused-ring (bicyclic) bond motifs is 2. The van der Waals surface area contributed by atoms with Crippen molar-refractivity contribution < 1.29 is 9.47 Å². The van der Waals surface area contributed by atoms with Crippen molar-refractivity contribution in [3.05, 3.63) is 88.1 Å². The largest absolute Gasteiger partial charge is 0.456 e.